The quantitative estimate of drug-likeness (QED) is 0.680. The summed E-state index contributed by atoms with van der Waals surface area (Å²) in [7, 11) is -0.943. The minimum absolute atomic E-state index is 0.231. The van der Waals surface area contributed by atoms with Crippen LogP contribution in [0.2, 0.25) is 0 Å². The van der Waals surface area contributed by atoms with Crippen LogP contribution in [-0.2, 0) is 10.8 Å². The molecule has 4 N–H and O–H groups in total. The Bertz CT molecular complexity index is 480. The number of nitrogens with one attached hydrogen (secondary N) is 1. The number of nitrogen functional groups attached to an aromatic ring is 1. The van der Waals surface area contributed by atoms with E-state index < -0.39 is 28.3 Å². The van der Waals surface area contributed by atoms with Gasteiger partial charge in [-0.1, -0.05) is 6.92 Å². The van der Waals surface area contributed by atoms with Crippen molar-refractivity contribution in [2.75, 3.05) is 29.1 Å². The van der Waals surface area contributed by atoms with E-state index in [1.807, 2.05) is 0 Å². The van der Waals surface area contributed by atoms with Gasteiger partial charge in [-0.25, -0.2) is 9.18 Å². The molecule has 0 aromatic heterocycles. The molecule has 0 aliphatic carbocycles. The van der Waals surface area contributed by atoms with Crippen molar-refractivity contribution >= 4 is 28.1 Å². The molecular weight excluding hydrogens is 259 g/mol. The number of aromatic carboxylic acids is 1. The third-order valence-electron chi connectivity index (χ3n) is 2.37. The molecule has 0 saturated heterocycles. The molecular formula is C11H15FN2O3S. The number of anilines is 2. The Morgan fingerprint density at radius 1 is 1.56 bits per heavy atom. The average Bonchev–Trinajstić information content (AvgIpc) is 2.33. The largest absolute Gasteiger partial charge is 0.478 e. The SMILES string of the molecule is CCS(=O)CCNc1ccc(F)c(N)c1C(=O)O. The minimum Gasteiger partial charge on any atom is -0.478 e. The van der Waals surface area contributed by atoms with E-state index in [4.69, 9.17) is 10.8 Å². The third-order valence-corrected chi connectivity index (χ3v) is 3.68. The first kappa shape index (κ1) is 14.4. The lowest BCUT2D eigenvalue weighted by Gasteiger charge is -2.11. The molecule has 0 bridgehead atoms. The van der Waals surface area contributed by atoms with Crippen molar-refractivity contribution in [2.45, 2.75) is 6.92 Å². The van der Waals surface area contributed by atoms with Gasteiger partial charge in [-0.15, -0.1) is 0 Å². The summed E-state index contributed by atoms with van der Waals surface area (Å²) in [6, 6.07) is 2.41. The van der Waals surface area contributed by atoms with Gasteiger partial charge in [0.1, 0.15) is 11.4 Å². The first-order valence-electron chi connectivity index (χ1n) is 5.37. The lowest BCUT2D eigenvalue weighted by molar-refractivity contribution is 0.0698. The summed E-state index contributed by atoms with van der Waals surface area (Å²) in [6.45, 7) is 2.14. The predicted molar refractivity (Wildman–Crippen MR) is 69.8 cm³/mol. The van der Waals surface area contributed by atoms with Gasteiger partial charge in [0, 0.05) is 28.9 Å². The van der Waals surface area contributed by atoms with E-state index in [0.717, 1.165) is 6.07 Å². The molecule has 1 unspecified atom stereocenters. The van der Waals surface area contributed by atoms with E-state index >= 15 is 0 Å². The van der Waals surface area contributed by atoms with Gasteiger partial charge in [0.25, 0.3) is 0 Å². The van der Waals surface area contributed by atoms with E-state index in [0.29, 0.717) is 18.1 Å². The molecule has 0 spiro atoms. The van der Waals surface area contributed by atoms with Crippen molar-refractivity contribution in [1.82, 2.24) is 0 Å². The van der Waals surface area contributed by atoms with Crippen LogP contribution in [0.1, 0.15) is 17.3 Å². The van der Waals surface area contributed by atoms with Crippen molar-refractivity contribution < 1.29 is 18.5 Å². The maximum atomic E-state index is 13.2. The van der Waals surface area contributed by atoms with Crippen molar-refractivity contribution in [3.05, 3.63) is 23.5 Å². The molecule has 18 heavy (non-hydrogen) atoms. The standard InChI is InChI=1S/C11H15FN2O3S/c1-2-18(17)6-5-14-8-4-3-7(12)10(13)9(8)11(15)16/h3-4,14H,2,5-6,13H2,1H3,(H,15,16). The van der Waals surface area contributed by atoms with Gasteiger partial charge >= 0.3 is 5.97 Å². The van der Waals surface area contributed by atoms with Crippen LogP contribution in [0, 0.1) is 5.82 Å². The summed E-state index contributed by atoms with van der Waals surface area (Å²) in [5, 5.41) is 11.8. The molecule has 1 atom stereocenters. The van der Waals surface area contributed by atoms with Crippen LogP contribution in [0.5, 0.6) is 0 Å². The van der Waals surface area contributed by atoms with Crippen molar-refractivity contribution in [3.8, 4) is 0 Å². The number of rotatable bonds is 6. The highest BCUT2D eigenvalue weighted by Crippen LogP contribution is 2.24. The summed E-state index contributed by atoms with van der Waals surface area (Å²) in [5.41, 5.74) is 4.92. The number of carboxylic acids is 1. The zero-order valence-corrected chi connectivity index (χ0v) is 10.7. The Labute approximate surface area is 107 Å². The van der Waals surface area contributed by atoms with Gasteiger partial charge in [-0.05, 0) is 12.1 Å². The molecule has 1 aromatic carbocycles. The molecule has 0 aliphatic rings. The number of halogens is 1. The Hall–Kier alpha value is -1.63. The zero-order valence-electron chi connectivity index (χ0n) is 9.90. The van der Waals surface area contributed by atoms with Crippen LogP contribution in [-0.4, -0.2) is 33.3 Å². The average molecular weight is 274 g/mol. The van der Waals surface area contributed by atoms with Crippen LogP contribution < -0.4 is 11.1 Å². The second kappa shape index (κ2) is 6.34. The van der Waals surface area contributed by atoms with Crippen molar-refractivity contribution in [3.63, 3.8) is 0 Å². The fourth-order valence-electron chi connectivity index (χ4n) is 1.42. The van der Waals surface area contributed by atoms with Gasteiger partial charge in [0.15, 0.2) is 0 Å². The van der Waals surface area contributed by atoms with E-state index in [1.54, 1.807) is 6.92 Å². The number of carboxylic acid groups (broad SMARTS) is 1. The van der Waals surface area contributed by atoms with Crippen LogP contribution >= 0.6 is 0 Å². The van der Waals surface area contributed by atoms with Gasteiger partial charge in [-0.2, -0.15) is 0 Å². The number of benzene rings is 1. The number of nitrogens with two attached hydrogens (primary N) is 1. The fourth-order valence-corrected chi connectivity index (χ4v) is 2.03. The molecule has 0 saturated carbocycles. The Balaban J connectivity index is 2.86. The maximum Gasteiger partial charge on any atom is 0.340 e. The maximum absolute atomic E-state index is 13.2. The highest BCUT2D eigenvalue weighted by molar-refractivity contribution is 7.84. The van der Waals surface area contributed by atoms with E-state index in [2.05, 4.69) is 5.32 Å². The smallest absolute Gasteiger partial charge is 0.340 e. The summed E-state index contributed by atoms with van der Waals surface area (Å²) in [6.07, 6.45) is 0. The van der Waals surface area contributed by atoms with Gasteiger partial charge < -0.3 is 16.2 Å². The molecule has 1 aromatic rings. The molecule has 1 rings (SSSR count). The molecule has 0 aliphatic heterocycles. The van der Waals surface area contributed by atoms with Crippen LogP contribution in [0.25, 0.3) is 0 Å². The van der Waals surface area contributed by atoms with Crippen molar-refractivity contribution in [2.24, 2.45) is 0 Å². The molecule has 5 nitrogen and oxygen atoms in total. The second-order valence-electron chi connectivity index (χ2n) is 3.55. The Morgan fingerprint density at radius 2 is 2.22 bits per heavy atom. The lowest BCUT2D eigenvalue weighted by atomic mass is 10.1. The van der Waals surface area contributed by atoms with Crippen LogP contribution in [0.4, 0.5) is 15.8 Å². The van der Waals surface area contributed by atoms with Gasteiger partial charge in [0.05, 0.1) is 11.4 Å². The monoisotopic (exact) mass is 274 g/mol. The van der Waals surface area contributed by atoms with Crippen LogP contribution in [0.15, 0.2) is 12.1 Å². The molecule has 100 valence electrons. The Morgan fingerprint density at radius 3 is 2.78 bits per heavy atom. The third kappa shape index (κ3) is 3.43. The fraction of sp³-hybridized carbons (Fsp3) is 0.364. The van der Waals surface area contributed by atoms with Gasteiger partial charge in [-0.3, -0.25) is 4.21 Å². The van der Waals surface area contributed by atoms with E-state index in [-0.39, 0.29) is 11.3 Å². The zero-order chi connectivity index (χ0) is 13.7. The second-order valence-corrected chi connectivity index (χ2v) is 5.41. The first-order chi connectivity index (χ1) is 8.47. The Kier molecular flexibility index (Phi) is 5.08. The topological polar surface area (TPSA) is 92.4 Å². The molecule has 0 radical (unpaired) electrons. The summed E-state index contributed by atoms with van der Waals surface area (Å²) in [4.78, 5) is 11.0. The summed E-state index contributed by atoms with van der Waals surface area (Å²) in [5.74, 6) is -1.13. The highest BCUT2D eigenvalue weighted by atomic mass is 32.2. The van der Waals surface area contributed by atoms with Crippen LogP contribution in [0.3, 0.4) is 0 Å². The normalized spacial score (nSPS) is 12.1. The molecule has 0 fully saturated rings. The summed E-state index contributed by atoms with van der Waals surface area (Å²) >= 11 is 0. The van der Waals surface area contributed by atoms with Crippen molar-refractivity contribution in [1.29, 1.82) is 0 Å². The van der Waals surface area contributed by atoms with Gasteiger partial charge in [0.2, 0.25) is 0 Å². The number of hydrogen-bond donors (Lipinski definition) is 3. The minimum atomic E-state index is -1.30. The predicted octanol–water partition coefficient (Wildman–Crippen LogP) is 1.29. The summed E-state index contributed by atoms with van der Waals surface area (Å²) < 4.78 is 24.4. The molecule has 0 amide bonds. The highest BCUT2D eigenvalue weighted by Gasteiger charge is 2.17. The van der Waals surface area contributed by atoms with E-state index in [1.165, 1.54) is 6.07 Å². The van der Waals surface area contributed by atoms with E-state index in [9.17, 15) is 13.4 Å². The number of carbonyl (C=O) groups is 1. The first-order valence-corrected chi connectivity index (χ1v) is 6.86. The molecule has 0 heterocycles. The lowest BCUT2D eigenvalue weighted by Crippen LogP contribution is -2.15. The molecule has 7 heteroatoms. The number of hydrogen-bond acceptors (Lipinski definition) is 4.